The number of hydrogen-bond acceptors (Lipinski definition) is 3. The fourth-order valence-electron chi connectivity index (χ4n) is 3.47. The van der Waals surface area contributed by atoms with Gasteiger partial charge in [-0.2, -0.15) is 0 Å². The monoisotopic (exact) mass is 425 g/mol. The summed E-state index contributed by atoms with van der Waals surface area (Å²) < 4.78 is 11.3. The van der Waals surface area contributed by atoms with Crippen LogP contribution in [0.3, 0.4) is 0 Å². The van der Waals surface area contributed by atoms with Crippen molar-refractivity contribution in [3.63, 3.8) is 0 Å². The summed E-state index contributed by atoms with van der Waals surface area (Å²) in [6, 6.07) is 11.5. The molecule has 30 heavy (non-hydrogen) atoms. The molecule has 0 radical (unpaired) electrons. The van der Waals surface area contributed by atoms with Crippen molar-refractivity contribution in [2.45, 2.75) is 39.5 Å². The molecule has 0 saturated carbocycles. The molecule has 1 amide bonds. The normalized spacial score (nSPS) is 11.7. The standard InChI is InChI=1S/C25H28ClNO3/c1-4-5-6-7-12-27-25(28)13-17(2)20-14-21-22(18-8-10-19(26)11-9-18)16-30-24(21)15-23(20)29-3/h8-11,13-16H,4-7,12H2,1-3H3,(H,27,28)/b17-13+. The van der Waals surface area contributed by atoms with Gasteiger partial charge in [-0.05, 0) is 42.7 Å². The van der Waals surface area contributed by atoms with E-state index in [1.807, 2.05) is 43.3 Å². The summed E-state index contributed by atoms with van der Waals surface area (Å²) in [6.45, 7) is 4.79. The van der Waals surface area contributed by atoms with E-state index in [4.69, 9.17) is 20.8 Å². The van der Waals surface area contributed by atoms with Crippen LogP contribution in [0, 0.1) is 0 Å². The van der Waals surface area contributed by atoms with Gasteiger partial charge in [0.15, 0.2) is 0 Å². The summed E-state index contributed by atoms with van der Waals surface area (Å²) in [6.07, 6.45) is 7.88. The molecule has 0 bridgehead atoms. The van der Waals surface area contributed by atoms with Crippen molar-refractivity contribution in [1.29, 1.82) is 0 Å². The maximum Gasteiger partial charge on any atom is 0.244 e. The predicted octanol–water partition coefficient (Wildman–Crippen LogP) is 6.86. The van der Waals surface area contributed by atoms with Gasteiger partial charge in [0.1, 0.15) is 11.3 Å². The van der Waals surface area contributed by atoms with Gasteiger partial charge in [0, 0.05) is 40.2 Å². The summed E-state index contributed by atoms with van der Waals surface area (Å²) >= 11 is 6.02. The highest BCUT2D eigenvalue weighted by atomic mass is 35.5. The Labute approximate surface area is 182 Å². The average Bonchev–Trinajstić information content (AvgIpc) is 3.16. The van der Waals surface area contributed by atoms with E-state index < -0.39 is 0 Å². The summed E-state index contributed by atoms with van der Waals surface area (Å²) in [5, 5.41) is 4.61. The molecule has 3 aromatic rings. The van der Waals surface area contributed by atoms with Crippen molar-refractivity contribution in [1.82, 2.24) is 5.32 Å². The smallest absolute Gasteiger partial charge is 0.244 e. The highest BCUT2D eigenvalue weighted by Crippen LogP contribution is 2.37. The van der Waals surface area contributed by atoms with Gasteiger partial charge in [-0.3, -0.25) is 4.79 Å². The van der Waals surface area contributed by atoms with Gasteiger partial charge in [-0.25, -0.2) is 0 Å². The minimum Gasteiger partial charge on any atom is -0.496 e. The number of unbranched alkanes of at least 4 members (excludes halogenated alkanes) is 3. The third-order valence-electron chi connectivity index (χ3n) is 5.15. The van der Waals surface area contributed by atoms with Gasteiger partial charge in [0.05, 0.1) is 13.4 Å². The molecule has 0 aliphatic heterocycles. The van der Waals surface area contributed by atoms with Crippen molar-refractivity contribution >= 4 is 34.1 Å². The largest absolute Gasteiger partial charge is 0.496 e. The minimum absolute atomic E-state index is 0.0868. The molecule has 0 atom stereocenters. The molecule has 1 heterocycles. The molecular formula is C25H28ClNO3. The zero-order valence-electron chi connectivity index (χ0n) is 17.8. The summed E-state index contributed by atoms with van der Waals surface area (Å²) in [7, 11) is 1.62. The Balaban J connectivity index is 1.87. The first kappa shape index (κ1) is 22.0. The summed E-state index contributed by atoms with van der Waals surface area (Å²) in [5.74, 6) is 0.584. The zero-order chi connectivity index (χ0) is 21.5. The van der Waals surface area contributed by atoms with Crippen LogP contribution in [0.1, 0.15) is 45.1 Å². The summed E-state index contributed by atoms with van der Waals surface area (Å²) in [5.41, 5.74) is 4.42. The second-order valence-corrected chi connectivity index (χ2v) is 7.82. The first-order valence-electron chi connectivity index (χ1n) is 10.3. The molecular weight excluding hydrogens is 398 g/mol. The van der Waals surface area contributed by atoms with Crippen molar-refractivity contribution in [2.24, 2.45) is 0 Å². The average molecular weight is 426 g/mol. The van der Waals surface area contributed by atoms with Crippen LogP contribution in [0.25, 0.3) is 27.7 Å². The molecule has 5 heteroatoms. The van der Waals surface area contributed by atoms with E-state index in [1.165, 1.54) is 12.8 Å². The first-order valence-corrected chi connectivity index (χ1v) is 10.7. The van der Waals surface area contributed by atoms with E-state index >= 15 is 0 Å². The van der Waals surface area contributed by atoms with E-state index in [-0.39, 0.29) is 5.91 Å². The van der Waals surface area contributed by atoms with E-state index in [2.05, 4.69) is 12.2 Å². The third-order valence-corrected chi connectivity index (χ3v) is 5.40. The first-order chi connectivity index (χ1) is 14.5. The molecule has 2 aromatic carbocycles. The van der Waals surface area contributed by atoms with Gasteiger partial charge >= 0.3 is 0 Å². The molecule has 4 nitrogen and oxygen atoms in total. The lowest BCUT2D eigenvalue weighted by atomic mass is 9.99. The van der Waals surface area contributed by atoms with E-state index in [0.29, 0.717) is 17.3 Å². The number of hydrogen-bond donors (Lipinski definition) is 1. The van der Waals surface area contributed by atoms with Crippen LogP contribution < -0.4 is 10.1 Å². The predicted molar refractivity (Wildman–Crippen MR) is 124 cm³/mol. The van der Waals surface area contributed by atoms with Crippen LogP contribution in [-0.2, 0) is 4.79 Å². The van der Waals surface area contributed by atoms with Crippen LogP contribution >= 0.6 is 11.6 Å². The number of carbonyl (C=O) groups is 1. The fraction of sp³-hybridized carbons (Fsp3) is 0.320. The van der Waals surface area contributed by atoms with Crippen molar-refractivity contribution in [3.8, 4) is 16.9 Å². The van der Waals surface area contributed by atoms with Crippen molar-refractivity contribution in [2.75, 3.05) is 13.7 Å². The van der Waals surface area contributed by atoms with Gasteiger partial charge in [-0.1, -0.05) is 49.9 Å². The number of allylic oxidation sites excluding steroid dienone is 1. The number of fused-ring (bicyclic) bond motifs is 1. The molecule has 0 saturated heterocycles. The Hall–Kier alpha value is -2.72. The fourth-order valence-corrected chi connectivity index (χ4v) is 3.60. The molecule has 0 unspecified atom stereocenters. The van der Waals surface area contributed by atoms with Crippen LogP contribution in [0.2, 0.25) is 5.02 Å². The Morgan fingerprint density at radius 1 is 1.17 bits per heavy atom. The van der Waals surface area contributed by atoms with Gasteiger partial charge in [-0.15, -0.1) is 0 Å². The van der Waals surface area contributed by atoms with E-state index in [0.717, 1.165) is 46.1 Å². The topological polar surface area (TPSA) is 51.5 Å². The van der Waals surface area contributed by atoms with Gasteiger partial charge in [0.2, 0.25) is 5.91 Å². The second kappa shape index (κ2) is 10.4. The number of carbonyl (C=O) groups excluding carboxylic acids is 1. The number of nitrogens with one attached hydrogen (secondary N) is 1. The molecule has 1 aromatic heterocycles. The molecule has 3 rings (SSSR count). The van der Waals surface area contributed by atoms with Crippen LogP contribution in [0.15, 0.2) is 53.2 Å². The Kier molecular flexibility index (Phi) is 7.58. The van der Waals surface area contributed by atoms with Gasteiger partial charge < -0.3 is 14.5 Å². The Bertz CT molecular complexity index is 1030. The summed E-state index contributed by atoms with van der Waals surface area (Å²) in [4.78, 5) is 12.3. The maximum atomic E-state index is 12.3. The Morgan fingerprint density at radius 2 is 1.93 bits per heavy atom. The lowest BCUT2D eigenvalue weighted by Gasteiger charge is -2.10. The van der Waals surface area contributed by atoms with Crippen LogP contribution in [0.4, 0.5) is 0 Å². The molecule has 1 N–H and O–H groups in total. The third kappa shape index (κ3) is 5.25. The number of ether oxygens (including phenoxy) is 1. The van der Waals surface area contributed by atoms with Crippen LogP contribution in [0.5, 0.6) is 5.75 Å². The quantitative estimate of drug-likeness (QED) is 0.301. The minimum atomic E-state index is -0.0868. The number of halogens is 1. The highest BCUT2D eigenvalue weighted by molar-refractivity contribution is 6.30. The SMILES string of the molecule is CCCCCCNC(=O)/C=C(\C)c1cc2c(-c3ccc(Cl)cc3)coc2cc1OC. The number of benzene rings is 2. The second-order valence-electron chi connectivity index (χ2n) is 7.38. The number of amides is 1. The number of furan rings is 1. The lowest BCUT2D eigenvalue weighted by molar-refractivity contribution is -0.116. The van der Waals surface area contributed by atoms with Crippen LogP contribution in [-0.4, -0.2) is 19.6 Å². The molecule has 0 aliphatic rings. The van der Waals surface area contributed by atoms with E-state index in [1.54, 1.807) is 19.4 Å². The maximum absolute atomic E-state index is 12.3. The number of rotatable bonds is 9. The Morgan fingerprint density at radius 3 is 2.63 bits per heavy atom. The highest BCUT2D eigenvalue weighted by Gasteiger charge is 2.15. The van der Waals surface area contributed by atoms with E-state index in [9.17, 15) is 4.79 Å². The lowest BCUT2D eigenvalue weighted by Crippen LogP contribution is -2.22. The van der Waals surface area contributed by atoms with Crippen molar-refractivity contribution < 1.29 is 13.9 Å². The number of methoxy groups -OCH3 is 1. The molecule has 0 spiro atoms. The molecule has 0 fully saturated rings. The van der Waals surface area contributed by atoms with Gasteiger partial charge in [0.25, 0.3) is 0 Å². The zero-order valence-corrected chi connectivity index (χ0v) is 18.5. The van der Waals surface area contributed by atoms with Crippen molar-refractivity contribution in [3.05, 3.63) is 59.3 Å². The molecule has 0 aliphatic carbocycles. The molecule has 158 valence electrons.